The van der Waals surface area contributed by atoms with Gasteiger partial charge in [-0.25, -0.2) is 8.42 Å². The molecular weight excluding hydrogens is 373 g/mol. The molecule has 2 rings (SSSR count). The first kappa shape index (κ1) is 20.2. The summed E-state index contributed by atoms with van der Waals surface area (Å²) in [5.41, 5.74) is -2.66. The summed E-state index contributed by atoms with van der Waals surface area (Å²) in [7, 11) is -3.90. The summed E-state index contributed by atoms with van der Waals surface area (Å²) in [6, 6.07) is 2.10. The predicted molar refractivity (Wildman–Crippen MR) is 86.3 cm³/mol. The van der Waals surface area contributed by atoms with Crippen LogP contribution in [0.25, 0.3) is 0 Å². The van der Waals surface area contributed by atoms with Gasteiger partial charge in [0, 0.05) is 17.7 Å². The topological polar surface area (TPSA) is 77.5 Å². The Morgan fingerprint density at radius 1 is 1.27 bits per heavy atom. The lowest BCUT2D eigenvalue weighted by Gasteiger charge is -2.14. The maximum absolute atomic E-state index is 13.4. The van der Waals surface area contributed by atoms with Gasteiger partial charge in [0.1, 0.15) is 5.57 Å². The van der Waals surface area contributed by atoms with Crippen molar-refractivity contribution in [2.24, 2.45) is 5.92 Å². The summed E-state index contributed by atoms with van der Waals surface area (Å²) < 4.78 is 68.2. The first-order valence-electron chi connectivity index (χ1n) is 7.78. The van der Waals surface area contributed by atoms with E-state index in [0.29, 0.717) is 18.9 Å². The highest BCUT2D eigenvalue weighted by Gasteiger charge is 2.40. The Balaban J connectivity index is 2.57. The van der Waals surface area contributed by atoms with Crippen LogP contribution in [0.4, 0.5) is 13.2 Å². The molecular formula is C17H17F3O5S. The molecule has 5 nitrogen and oxygen atoms in total. The third kappa shape index (κ3) is 4.51. The molecule has 1 fully saturated rings. The van der Waals surface area contributed by atoms with Crippen LogP contribution in [0.2, 0.25) is 0 Å². The molecule has 142 valence electrons. The second kappa shape index (κ2) is 7.22. The van der Waals surface area contributed by atoms with Gasteiger partial charge in [-0.3, -0.25) is 9.59 Å². The van der Waals surface area contributed by atoms with E-state index in [-0.39, 0.29) is 6.61 Å². The number of halogens is 3. The Morgan fingerprint density at radius 2 is 1.88 bits per heavy atom. The number of Topliss-reactive ketones (excluding diaryl/α,β-unsaturated/α-hetero) is 2. The zero-order valence-corrected chi connectivity index (χ0v) is 14.9. The molecule has 0 heterocycles. The Bertz CT molecular complexity index is 865. The highest BCUT2D eigenvalue weighted by molar-refractivity contribution is 7.90. The predicted octanol–water partition coefficient (Wildman–Crippen LogP) is 3.19. The van der Waals surface area contributed by atoms with Gasteiger partial charge in [-0.05, 0) is 38.0 Å². The number of ether oxygens (including phenoxy) is 1. The molecule has 26 heavy (non-hydrogen) atoms. The smallest absolute Gasteiger partial charge is 0.417 e. The fraction of sp³-hybridized carbons (Fsp3) is 0.412. The highest BCUT2D eigenvalue weighted by Crippen LogP contribution is 2.37. The number of alkyl halides is 3. The Kier molecular flexibility index (Phi) is 5.60. The van der Waals surface area contributed by atoms with Crippen LogP contribution in [0, 0.1) is 5.92 Å². The number of hydrogen-bond donors (Lipinski definition) is 0. The molecule has 0 amide bonds. The van der Waals surface area contributed by atoms with Gasteiger partial charge in [-0.2, -0.15) is 13.2 Å². The zero-order valence-electron chi connectivity index (χ0n) is 14.1. The van der Waals surface area contributed by atoms with Crippen molar-refractivity contribution >= 4 is 21.4 Å². The second-order valence-corrected chi connectivity index (χ2v) is 7.95. The minimum absolute atomic E-state index is 0.133. The van der Waals surface area contributed by atoms with Gasteiger partial charge >= 0.3 is 6.18 Å². The fourth-order valence-electron chi connectivity index (χ4n) is 2.29. The third-order valence-electron chi connectivity index (χ3n) is 3.80. The molecule has 0 radical (unpaired) electrons. The lowest BCUT2D eigenvalue weighted by Crippen LogP contribution is -2.20. The summed E-state index contributed by atoms with van der Waals surface area (Å²) in [6.45, 7) is 1.73. The van der Waals surface area contributed by atoms with Crippen LogP contribution < -0.4 is 0 Å². The first-order chi connectivity index (χ1) is 12.0. The van der Waals surface area contributed by atoms with E-state index in [1.54, 1.807) is 6.92 Å². The number of benzene rings is 1. The van der Waals surface area contributed by atoms with E-state index >= 15 is 0 Å². The lowest BCUT2D eigenvalue weighted by atomic mass is 9.95. The molecule has 1 aliphatic carbocycles. The van der Waals surface area contributed by atoms with E-state index in [0.717, 1.165) is 24.7 Å². The monoisotopic (exact) mass is 390 g/mol. The normalized spacial score (nSPS) is 15.7. The van der Waals surface area contributed by atoms with Crippen LogP contribution in [0.5, 0.6) is 0 Å². The van der Waals surface area contributed by atoms with Crippen molar-refractivity contribution in [3.05, 3.63) is 41.2 Å². The van der Waals surface area contributed by atoms with Crippen LogP contribution in [0.1, 0.15) is 35.7 Å². The summed E-state index contributed by atoms with van der Waals surface area (Å²) in [5, 5.41) is 0. The van der Waals surface area contributed by atoms with Crippen LogP contribution in [-0.2, 0) is 25.5 Å². The van der Waals surface area contributed by atoms with Crippen LogP contribution in [0.3, 0.4) is 0 Å². The van der Waals surface area contributed by atoms with Crippen molar-refractivity contribution in [2.75, 3.05) is 12.9 Å². The number of hydrogen-bond acceptors (Lipinski definition) is 5. The Labute approximate surface area is 148 Å². The molecule has 0 N–H and O–H groups in total. The average Bonchev–Trinajstić information content (AvgIpc) is 3.37. The number of carbonyl (C=O) groups is 2. The Hall–Kier alpha value is -2.16. The minimum Gasteiger partial charge on any atom is -0.501 e. The van der Waals surface area contributed by atoms with Crippen molar-refractivity contribution in [2.45, 2.75) is 30.8 Å². The van der Waals surface area contributed by atoms with Gasteiger partial charge in [0.25, 0.3) is 0 Å². The van der Waals surface area contributed by atoms with Crippen LogP contribution in [-0.4, -0.2) is 32.8 Å². The van der Waals surface area contributed by atoms with Gasteiger partial charge in [-0.1, -0.05) is 0 Å². The molecule has 9 heteroatoms. The van der Waals surface area contributed by atoms with E-state index in [1.807, 2.05) is 0 Å². The third-order valence-corrected chi connectivity index (χ3v) is 4.91. The largest absolute Gasteiger partial charge is 0.501 e. The van der Waals surface area contributed by atoms with Gasteiger partial charge in [0.05, 0.1) is 23.3 Å². The minimum atomic E-state index is -4.97. The van der Waals surface area contributed by atoms with Gasteiger partial charge in [0.15, 0.2) is 21.4 Å². The molecule has 0 aliphatic heterocycles. The number of ketones is 2. The molecule has 1 saturated carbocycles. The highest BCUT2D eigenvalue weighted by atomic mass is 32.2. The molecule has 1 aromatic carbocycles. The fourth-order valence-corrected chi connectivity index (χ4v) is 2.93. The van der Waals surface area contributed by atoms with E-state index in [4.69, 9.17) is 4.74 Å². The summed E-state index contributed by atoms with van der Waals surface area (Å²) in [6.07, 6.45) is -2.19. The van der Waals surface area contributed by atoms with Crippen molar-refractivity contribution in [1.29, 1.82) is 0 Å². The molecule has 1 aromatic rings. The zero-order chi connectivity index (χ0) is 19.7. The van der Waals surface area contributed by atoms with Gasteiger partial charge in [0.2, 0.25) is 0 Å². The van der Waals surface area contributed by atoms with Crippen LogP contribution in [0.15, 0.2) is 34.9 Å². The molecule has 0 atom stereocenters. The maximum atomic E-state index is 13.4. The first-order valence-corrected chi connectivity index (χ1v) is 9.68. The van der Waals surface area contributed by atoms with Crippen molar-refractivity contribution in [1.82, 2.24) is 0 Å². The van der Waals surface area contributed by atoms with Gasteiger partial charge in [-0.15, -0.1) is 0 Å². The Morgan fingerprint density at radius 3 is 2.35 bits per heavy atom. The number of carbonyl (C=O) groups excluding carboxylic acids is 2. The molecule has 0 unspecified atom stereocenters. The number of sulfone groups is 1. The molecule has 0 bridgehead atoms. The average molecular weight is 390 g/mol. The summed E-state index contributed by atoms with van der Waals surface area (Å²) >= 11 is 0. The standard InChI is InChI=1S/C17H17F3O5S/c1-3-25-9-13(15(21)10-4-5-10)16(22)12-7-6-11(26(2,23)24)8-14(12)17(18,19)20/h6-10H,3-5H2,1-2H3. The van der Waals surface area contributed by atoms with Crippen molar-refractivity contribution in [3.63, 3.8) is 0 Å². The van der Waals surface area contributed by atoms with Crippen LogP contribution >= 0.6 is 0 Å². The van der Waals surface area contributed by atoms with Gasteiger partial charge < -0.3 is 4.74 Å². The number of allylic oxidation sites excluding steroid dienone is 1. The molecule has 0 aromatic heterocycles. The summed E-state index contributed by atoms with van der Waals surface area (Å²) in [4.78, 5) is 24.3. The number of rotatable bonds is 7. The summed E-state index contributed by atoms with van der Waals surface area (Å²) in [5.74, 6) is -2.10. The maximum Gasteiger partial charge on any atom is 0.417 e. The van der Waals surface area contributed by atoms with E-state index < -0.39 is 55.1 Å². The van der Waals surface area contributed by atoms with E-state index in [1.165, 1.54) is 0 Å². The van der Waals surface area contributed by atoms with Crippen molar-refractivity contribution in [3.8, 4) is 0 Å². The quantitative estimate of drug-likeness (QED) is 0.235. The van der Waals surface area contributed by atoms with E-state index in [2.05, 4.69) is 0 Å². The molecule has 1 aliphatic rings. The molecule has 0 spiro atoms. The van der Waals surface area contributed by atoms with Crippen molar-refractivity contribution < 1.29 is 35.9 Å². The second-order valence-electron chi connectivity index (χ2n) is 5.93. The lowest BCUT2D eigenvalue weighted by molar-refractivity contribution is -0.138. The SMILES string of the molecule is CCOC=C(C(=O)c1ccc(S(C)(=O)=O)cc1C(F)(F)F)C(=O)C1CC1. The molecule has 0 saturated heterocycles. The van der Waals surface area contributed by atoms with E-state index in [9.17, 15) is 31.2 Å².